The largest absolute Gasteiger partial charge is 0.481 e. The predicted octanol–water partition coefficient (Wildman–Crippen LogP) is 3.95. The van der Waals surface area contributed by atoms with Crippen molar-refractivity contribution in [1.29, 1.82) is 0 Å². The smallest absolute Gasteiger partial charge is 0.343 e. The number of rotatable bonds is 9. The van der Waals surface area contributed by atoms with Crippen molar-refractivity contribution in [2.45, 2.75) is 13.2 Å². The van der Waals surface area contributed by atoms with Gasteiger partial charge in [0.1, 0.15) is 24.5 Å². The molecule has 0 radical (unpaired) electrons. The van der Waals surface area contributed by atoms with Crippen LogP contribution in [-0.4, -0.2) is 31.6 Å². The summed E-state index contributed by atoms with van der Waals surface area (Å²) < 4.78 is 20.7. The number of carbonyl (C=O) groups excluding carboxylic acids is 3. The van der Waals surface area contributed by atoms with Crippen molar-refractivity contribution in [3.63, 3.8) is 0 Å². The lowest BCUT2D eigenvalue weighted by molar-refractivity contribution is -0.142. The number of hydrogen-bond acceptors (Lipinski definition) is 7. The van der Waals surface area contributed by atoms with Crippen LogP contribution in [0.5, 0.6) is 5.75 Å². The van der Waals surface area contributed by atoms with Gasteiger partial charge in [-0.25, -0.2) is 14.4 Å². The van der Waals surface area contributed by atoms with Crippen LogP contribution in [0.4, 0.5) is 0 Å². The summed E-state index contributed by atoms with van der Waals surface area (Å²) in [6.07, 6.45) is 0. The third-order valence-electron chi connectivity index (χ3n) is 4.43. The Morgan fingerprint density at radius 2 is 1.28 bits per heavy atom. The van der Waals surface area contributed by atoms with Crippen LogP contribution >= 0.6 is 0 Å². The standard InChI is InChI=1S/C25H22O7/c1-29-23(26)17-30-22-13-12-20(24(27)31-15-18-8-4-2-5-9-18)14-21(22)25(28)32-16-19-10-6-3-7-11-19/h2-14H,15-17H2,1H3. The molecule has 0 aliphatic rings. The van der Waals surface area contributed by atoms with Crippen LogP contribution in [0.15, 0.2) is 78.9 Å². The van der Waals surface area contributed by atoms with Gasteiger partial charge in [-0.15, -0.1) is 0 Å². The Bertz CT molecular complexity index is 1060. The molecule has 0 N–H and O–H groups in total. The average molecular weight is 434 g/mol. The minimum atomic E-state index is -0.702. The van der Waals surface area contributed by atoms with Crippen LogP contribution in [0.25, 0.3) is 0 Å². The van der Waals surface area contributed by atoms with Crippen LogP contribution < -0.4 is 4.74 Å². The maximum absolute atomic E-state index is 12.7. The molecule has 0 saturated heterocycles. The van der Waals surface area contributed by atoms with Gasteiger partial charge in [0.25, 0.3) is 0 Å². The van der Waals surface area contributed by atoms with E-state index in [0.717, 1.165) is 11.1 Å². The highest BCUT2D eigenvalue weighted by Gasteiger charge is 2.19. The molecule has 0 amide bonds. The van der Waals surface area contributed by atoms with Crippen LogP contribution in [0.1, 0.15) is 31.8 Å². The fourth-order valence-electron chi connectivity index (χ4n) is 2.75. The maximum Gasteiger partial charge on any atom is 0.343 e. The fourth-order valence-corrected chi connectivity index (χ4v) is 2.75. The van der Waals surface area contributed by atoms with Gasteiger partial charge < -0.3 is 18.9 Å². The summed E-state index contributed by atoms with van der Waals surface area (Å²) in [4.78, 5) is 36.7. The lowest BCUT2D eigenvalue weighted by atomic mass is 10.1. The highest BCUT2D eigenvalue weighted by Crippen LogP contribution is 2.23. The highest BCUT2D eigenvalue weighted by molar-refractivity contribution is 5.97. The first-order valence-corrected chi connectivity index (χ1v) is 9.82. The Balaban J connectivity index is 1.75. The summed E-state index contributed by atoms with van der Waals surface area (Å²) in [6, 6.07) is 22.6. The van der Waals surface area contributed by atoms with E-state index in [1.165, 1.54) is 25.3 Å². The van der Waals surface area contributed by atoms with Gasteiger partial charge in [0, 0.05) is 0 Å². The third kappa shape index (κ3) is 6.43. The molecule has 0 fully saturated rings. The molecule has 0 aromatic heterocycles. The van der Waals surface area contributed by atoms with Crippen LogP contribution in [0, 0.1) is 0 Å². The lowest BCUT2D eigenvalue weighted by Crippen LogP contribution is -2.16. The van der Waals surface area contributed by atoms with Crippen LogP contribution in [0.2, 0.25) is 0 Å². The summed E-state index contributed by atoms with van der Waals surface area (Å²) in [5, 5.41) is 0. The number of esters is 3. The molecule has 0 heterocycles. The van der Waals surface area contributed by atoms with Crippen molar-refractivity contribution in [3.05, 3.63) is 101 Å². The molecule has 0 bridgehead atoms. The summed E-state index contributed by atoms with van der Waals surface area (Å²) in [5.74, 6) is -1.83. The predicted molar refractivity (Wildman–Crippen MR) is 115 cm³/mol. The first kappa shape index (κ1) is 22.6. The second-order valence-corrected chi connectivity index (χ2v) is 6.70. The van der Waals surface area contributed by atoms with Gasteiger partial charge in [0.05, 0.1) is 12.7 Å². The average Bonchev–Trinajstić information content (AvgIpc) is 2.85. The van der Waals surface area contributed by atoms with E-state index in [1.54, 1.807) is 0 Å². The van der Waals surface area contributed by atoms with E-state index >= 15 is 0 Å². The topological polar surface area (TPSA) is 88.1 Å². The zero-order valence-corrected chi connectivity index (χ0v) is 17.5. The number of benzene rings is 3. The SMILES string of the molecule is COC(=O)COc1ccc(C(=O)OCc2ccccc2)cc1C(=O)OCc1ccccc1. The van der Waals surface area contributed by atoms with Crippen molar-refractivity contribution in [1.82, 2.24) is 0 Å². The molecule has 0 saturated carbocycles. The Kier molecular flexibility index (Phi) is 7.97. The highest BCUT2D eigenvalue weighted by atomic mass is 16.6. The minimum Gasteiger partial charge on any atom is -0.481 e. The monoisotopic (exact) mass is 434 g/mol. The van der Waals surface area contributed by atoms with Crippen molar-refractivity contribution < 1.29 is 33.3 Å². The summed E-state index contributed by atoms with van der Waals surface area (Å²) in [6.45, 7) is -0.264. The molecule has 7 heteroatoms. The van der Waals surface area contributed by atoms with E-state index in [4.69, 9.17) is 14.2 Å². The molecule has 0 unspecified atom stereocenters. The van der Waals surface area contributed by atoms with Crippen molar-refractivity contribution in [2.24, 2.45) is 0 Å². The Hall–Kier alpha value is -4.13. The molecule has 32 heavy (non-hydrogen) atoms. The fraction of sp³-hybridized carbons (Fsp3) is 0.160. The molecule has 0 atom stereocenters. The van der Waals surface area contributed by atoms with Crippen LogP contribution in [0.3, 0.4) is 0 Å². The van der Waals surface area contributed by atoms with Crippen LogP contribution in [-0.2, 0) is 32.2 Å². The van der Waals surface area contributed by atoms with Gasteiger partial charge >= 0.3 is 17.9 Å². The van der Waals surface area contributed by atoms with Gasteiger partial charge in [-0.3, -0.25) is 0 Å². The normalized spacial score (nSPS) is 10.2. The number of hydrogen-bond donors (Lipinski definition) is 0. The molecule has 164 valence electrons. The van der Waals surface area contributed by atoms with Crippen molar-refractivity contribution >= 4 is 17.9 Å². The van der Waals surface area contributed by atoms with E-state index in [9.17, 15) is 14.4 Å². The summed E-state index contributed by atoms with van der Waals surface area (Å²) in [7, 11) is 1.23. The second-order valence-electron chi connectivity index (χ2n) is 6.70. The lowest BCUT2D eigenvalue weighted by Gasteiger charge is -2.12. The second kappa shape index (κ2) is 11.3. The van der Waals surface area contributed by atoms with Gasteiger partial charge in [-0.1, -0.05) is 60.7 Å². The number of methoxy groups -OCH3 is 1. The zero-order chi connectivity index (χ0) is 22.8. The summed E-state index contributed by atoms with van der Waals surface area (Å²) in [5.41, 5.74) is 1.79. The Morgan fingerprint density at radius 1 is 0.719 bits per heavy atom. The Labute approximate surface area is 185 Å². The maximum atomic E-state index is 12.7. The molecule has 3 rings (SSSR count). The quantitative estimate of drug-likeness (QED) is 0.372. The van der Waals surface area contributed by atoms with E-state index in [1.807, 2.05) is 60.7 Å². The number of carbonyl (C=O) groups is 3. The summed E-state index contributed by atoms with van der Waals surface area (Å²) >= 11 is 0. The van der Waals surface area contributed by atoms with E-state index < -0.39 is 24.5 Å². The number of ether oxygens (including phenoxy) is 4. The van der Waals surface area contributed by atoms with Crippen molar-refractivity contribution in [2.75, 3.05) is 13.7 Å². The van der Waals surface area contributed by atoms with Gasteiger partial charge in [0.15, 0.2) is 6.61 Å². The molecule has 0 aliphatic carbocycles. The van der Waals surface area contributed by atoms with E-state index in [0.29, 0.717) is 0 Å². The molecule has 7 nitrogen and oxygen atoms in total. The van der Waals surface area contributed by atoms with E-state index in [-0.39, 0.29) is 30.1 Å². The Morgan fingerprint density at radius 3 is 1.84 bits per heavy atom. The van der Waals surface area contributed by atoms with E-state index in [2.05, 4.69) is 4.74 Å². The molecule has 0 spiro atoms. The van der Waals surface area contributed by atoms with Gasteiger partial charge in [-0.2, -0.15) is 0 Å². The van der Waals surface area contributed by atoms with Crippen molar-refractivity contribution in [3.8, 4) is 5.75 Å². The van der Waals surface area contributed by atoms with Gasteiger partial charge in [0.2, 0.25) is 0 Å². The first-order chi connectivity index (χ1) is 15.6. The molecule has 3 aromatic carbocycles. The molecule has 0 aliphatic heterocycles. The molecular weight excluding hydrogens is 412 g/mol. The first-order valence-electron chi connectivity index (χ1n) is 9.82. The zero-order valence-electron chi connectivity index (χ0n) is 17.5. The minimum absolute atomic E-state index is 0.000930. The van der Waals surface area contributed by atoms with Gasteiger partial charge in [-0.05, 0) is 29.3 Å². The molecular formula is C25H22O7. The molecule has 3 aromatic rings. The third-order valence-corrected chi connectivity index (χ3v) is 4.43.